The van der Waals surface area contributed by atoms with Gasteiger partial charge in [-0.25, -0.2) is 8.78 Å². The predicted molar refractivity (Wildman–Crippen MR) is 76.4 cm³/mol. The van der Waals surface area contributed by atoms with Gasteiger partial charge in [0.15, 0.2) is 0 Å². The quantitative estimate of drug-likeness (QED) is 0.812. The summed E-state index contributed by atoms with van der Waals surface area (Å²) in [6.45, 7) is 1.26. The Bertz CT molecular complexity index is 684. The minimum Gasteiger partial charge on any atom is -0.507 e. The number of carbonyl (C=O) groups is 1. The number of phenols is 1. The average Bonchev–Trinajstić information content (AvgIpc) is 2.48. The number of halogens is 2. The largest absolute Gasteiger partial charge is 0.507 e. The van der Waals surface area contributed by atoms with Crippen molar-refractivity contribution in [1.29, 1.82) is 0 Å². The van der Waals surface area contributed by atoms with Gasteiger partial charge in [0.1, 0.15) is 23.0 Å². The molecule has 0 aromatic heterocycles. The molecule has 0 aliphatic carbocycles. The van der Waals surface area contributed by atoms with Gasteiger partial charge in [-0.2, -0.15) is 0 Å². The topological polar surface area (TPSA) is 69.6 Å². The summed E-state index contributed by atoms with van der Waals surface area (Å²) in [5.74, 6) is -2.18. The third-order valence-corrected chi connectivity index (χ3v) is 3.26. The molecule has 0 aliphatic heterocycles. The standard InChI is InChI=1S/C16H15F2NO3/c1-16(22,10-2-4-11(17)5-3-10)9-19-15(21)13-8-12(18)6-7-14(13)20/h2-8,20,22H,9H2,1H3,(H,19,21). The number of phenolic OH excluding ortho intramolecular Hbond substituents is 1. The van der Waals surface area contributed by atoms with Crippen LogP contribution >= 0.6 is 0 Å². The van der Waals surface area contributed by atoms with Crippen molar-refractivity contribution >= 4 is 5.91 Å². The lowest BCUT2D eigenvalue weighted by Gasteiger charge is -2.24. The van der Waals surface area contributed by atoms with Gasteiger partial charge in [-0.3, -0.25) is 4.79 Å². The van der Waals surface area contributed by atoms with E-state index in [2.05, 4.69) is 5.32 Å². The Morgan fingerprint density at radius 1 is 1.14 bits per heavy atom. The fourth-order valence-corrected chi connectivity index (χ4v) is 1.95. The van der Waals surface area contributed by atoms with E-state index in [4.69, 9.17) is 0 Å². The number of carbonyl (C=O) groups excluding carboxylic acids is 1. The number of aromatic hydroxyl groups is 1. The van der Waals surface area contributed by atoms with Gasteiger partial charge in [-0.05, 0) is 42.8 Å². The van der Waals surface area contributed by atoms with E-state index in [1.54, 1.807) is 0 Å². The van der Waals surface area contributed by atoms with Gasteiger partial charge in [0.25, 0.3) is 5.91 Å². The van der Waals surface area contributed by atoms with Crippen LogP contribution in [0, 0.1) is 11.6 Å². The molecule has 1 unspecified atom stereocenters. The zero-order chi connectivity index (χ0) is 16.3. The Balaban J connectivity index is 2.09. The highest BCUT2D eigenvalue weighted by atomic mass is 19.1. The Kier molecular flexibility index (Phi) is 4.42. The van der Waals surface area contributed by atoms with Crippen LogP contribution in [0.1, 0.15) is 22.8 Å². The number of benzene rings is 2. The second kappa shape index (κ2) is 6.11. The van der Waals surface area contributed by atoms with E-state index in [9.17, 15) is 23.8 Å². The predicted octanol–water partition coefficient (Wildman–Crippen LogP) is 2.31. The van der Waals surface area contributed by atoms with Crippen LogP contribution in [-0.2, 0) is 5.60 Å². The third-order valence-electron chi connectivity index (χ3n) is 3.26. The first-order valence-electron chi connectivity index (χ1n) is 6.55. The van der Waals surface area contributed by atoms with Crippen molar-refractivity contribution in [3.63, 3.8) is 0 Å². The summed E-state index contributed by atoms with van der Waals surface area (Å²) in [7, 11) is 0. The third kappa shape index (κ3) is 3.59. The van der Waals surface area contributed by atoms with E-state index in [0.717, 1.165) is 18.2 Å². The highest BCUT2D eigenvalue weighted by molar-refractivity contribution is 5.96. The Morgan fingerprint density at radius 2 is 1.73 bits per heavy atom. The van der Waals surface area contributed by atoms with Gasteiger partial charge in [-0.15, -0.1) is 0 Å². The van der Waals surface area contributed by atoms with E-state index >= 15 is 0 Å². The molecule has 0 heterocycles. The number of amides is 1. The second-order valence-corrected chi connectivity index (χ2v) is 5.12. The molecule has 0 fully saturated rings. The van der Waals surface area contributed by atoms with Crippen molar-refractivity contribution in [1.82, 2.24) is 5.32 Å². The number of aliphatic hydroxyl groups is 1. The molecule has 2 rings (SSSR count). The van der Waals surface area contributed by atoms with Gasteiger partial charge >= 0.3 is 0 Å². The maximum absolute atomic E-state index is 13.1. The molecule has 22 heavy (non-hydrogen) atoms. The summed E-state index contributed by atoms with van der Waals surface area (Å²) in [6, 6.07) is 8.21. The van der Waals surface area contributed by atoms with Crippen molar-refractivity contribution in [2.45, 2.75) is 12.5 Å². The van der Waals surface area contributed by atoms with Crippen LogP contribution in [0.15, 0.2) is 42.5 Å². The zero-order valence-electron chi connectivity index (χ0n) is 11.8. The van der Waals surface area contributed by atoms with E-state index in [1.807, 2.05) is 0 Å². The summed E-state index contributed by atoms with van der Waals surface area (Å²) in [4.78, 5) is 11.9. The molecule has 2 aromatic rings. The minimum absolute atomic E-state index is 0.187. The number of hydrogen-bond donors (Lipinski definition) is 3. The lowest BCUT2D eigenvalue weighted by atomic mass is 9.96. The van der Waals surface area contributed by atoms with E-state index < -0.39 is 23.1 Å². The van der Waals surface area contributed by atoms with Crippen molar-refractivity contribution in [2.24, 2.45) is 0 Å². The zero-order valence-corrected chi connectivity index (χ0v) is 11.8. The Morgan fingerprint density at radius 3 is 2.36 bits per heavy atom. The molecule has 6 heteroatoms. The van der Waals surface area contributed by atoms with Crippen LogP contribution in [0.4, 0.5) is 8.78 Å². The van der Waals surface area contributed by atoms with Gasteiger partial charge in [0.05, 0.1) is 12.1 Å². The van der Waals surface area contributed by atoms with Crippen molar-refractivity contribution in [3.05, 3.63) is 65.2 Å². The molecule has 4 nitrogen and oxygen atoms in total. The first kappa shape index (κ1) is 15.9. The smallest absolute Gasteiger partial charge is 0.255 e. The van der Waals surface area contributed by atoms with Gasteiger partial charge in [0, 0.05) is 0 Å². The van der Waals surface area contributed by atoms with Crippen molar-refractivity contribution in [2.75, 3.05) is 6.54 Å². The van der Waals surface area contributed by atoms with Crippen molar-refractivity contribution < 1.29 is 23.8 Å². The molecular formula is C16H15F2NO3. The highest BCUT2D eigenvalue weighted by Gasteiger charge is 2.24. The number of hydrogen-bond acceptors (Lipinski definition) is 3. The van der Waals surface area contributed by atoms with E-state index in [1.165, 1.54) is 31.2 Å². The fraction of sp³-hybridized carbons (Fsp3) is 0.188. The summed E-state index contributed by atoms with van der Waals surface area (Å²) >= 11 is 0. The average molecular weight is 307 g/mol. The Hall–Kier alpha value is -2.47. The highest BCUT2D eigenvalue weighted by Crippen LogP contribution is 2.21. The Labute approximate surface area is 126 Å². The number of nitrogens with one attached hydrogen (secondary N) is 1. The normalized spacial score (nSPS) is 13.5. The van der Waals surface area contributed by atoms with Crippen LogP contribution < -0.4 is 5.32 Å². The first-order chi connectivity index (χ1) is 10.3. The maximum Gasteiger partial charge on any atom is 0.255 e. The first-order valence-corrected chi connectivity index (χ1v) is 6.55. The molecule has 3 N–H and O–H groups in total. The lowest BCUT2D eigenvalue weighted by molar-refractivity contribution is 0.0525. The van der Waals surface area contributed by atoms with Crippen LogP contribution in [0.25, 0.3) is 0 Å². The molecule has 2 aromatic carbocycles. The molecule has 0 spiro atoms. The van der Waals surface area contributed by atoms with Crippen LogP contribution in [0.5, 0.6) is 5.75 Å². The van der Waals surface area contributed by atoms with Gasteiger partial charge in [-0.1, -0.05) is 12.1 Å². The summed E-state index contributed by atoms with van der Waals surface area (Å²) in [6.07, 6.45) is 0. The van der Waals surface area contributed by atoms with E-state index in [-0.39, 0.29) is 17.9 Å². The number of rotatable bonds is 4. The molecule has 0 radical (unpaired) electrons. The maximum atomic E-state index is 13.1. The second-order valence-electron chi connectivity index (χ2n) is 5.12. The molecule has 0 aliphatic rings. The van der Waals surface area contributed by atoms with E-state index in [0.29, 0.717) is 5.56 Å². The van der Waals surface area contributed by atoms with Crippen LogP contribution in [-0.4, -0.2) is 22.7 Å². The fourth-order valence-electron chi connectivity index (χ4n) is 1.95. The molecular weight excluding hydrogens is 292 g/mol. The summed E-state index contributed by atoms with van der Waals surface area (Å²) in [5, 5.41) is 22.3. The summed E-state index contributed by atoms with van der Waals surface area (Å²) < 4.78 is 26.0. The lowest BCUT2D eigenvalue weighted by Crippen LogP contribution is -2.38. The van der Waals surface area contributed by atoms with Gasteiger partial charge in [0.2, 0.25) is 0 Å². The minimum atomic E-state index is -1.44. The molecule has 0 saturated carbocycles. The molecule has 1 amide bonds. The summed E-state index contributed by atoms with van der Waals surface area (Å²) in [5.41, 5.74) is -1.25. The monoisotopic (exact) mass is 307 g/mol. The van der Waals surface area contributed by atoms with Crippen LogP contribution in [0.3, 0.4) is 0 Å². The van der Waals surface area contributed by atoms with Gasteiger partial charge < -0.3 is 15.5 Å². The van der Waals surface area contributed by atoms with Crippen LogP contribution in [0.2, 0.25) is 0 Å². The molecule has 0 bridgehead atoms. The molecule has 1 atom stereocenters. The SMILES string of the molecule is CC(O)(CNC(=O)c1cc(F)ccc1O)c1ccc(F)cc1. The molecule has 0 saturated heterocycles. The van der Waals surface area contributed by atoms with Crippen molar-refractivity contribution in [3.8, 4) is 5.75 Å². The molecule has 116 valence electrons.